The molecule has 0 unspecified atom stereocenters. The summed E-state index contributed by atoms with van der Waals surface area (Å²) in [6.45, 7) is 3.63. The highest BCUT2D eigenvalue weighted by molar-refractivity contribution is 6.00. The third kappa shape index (κ3) is 2.55. The Morgan fingerprint density at radius 3 is 2.67 bits per heavy atom. The molecule has 6 nitrogen and oxygen atoms in total. The maximum absolute atomic E-state index is 13.0. The highest BCUT2D eigenvalue weighted by atomic mass is 16.3. The molecule has 0 radical (unpaired) electrons. The molecule has 0 spiro atoms. The second-order valence-corrected chi connectivity index (χ2v) is 5.84. The molecule has 6 heteroatoms. The van der Waals surface area contributed by atoms with Crippen LogP contribution in [0.25, 0.3) is 0 Å². The summed E-state index contributed by atoms with van der Waals surface area (Å²) in [7, 11) is 0. The number of aromatic hydroxyl groups is 1. The average Bonchev–Trinajstić information content (AvgIpc) is 2.96. The van der Waals surface area contributed by atoms with Crippen molar-refractivity contribution < 1.29 is 15.0 Å². The molecule has 2 N–H and O–H groups in total. The van der Waals surface area contributed by atoms with E-state index in [1.807, 2.05) is 6.92 Å². The van der Waals surface area contributed by atoms with E-state index in [1.54, 1.807) is 43.6 Å². The average molecular weight is 325 g/mol. The Morgan fingerprint density at radius 2 is 2.00 bits per heavy atom. The van der Waals surface area contributed by atoms with Gasteiger partial charge in [-0.25, -0.2) is 0 Å². The van der Waals surface area contributed by atoms with Crippen molar-refractivity contribution in [3.05, 3.63) is 59.4 Å². The second kappa shape index (κ2) is 6.05. The Morgan fingerprint density at radius 1 is 1.29 bits per heavy atom. The summed E-state index contributed by atoms with van der Waals surface area (Å²) in [5, 5.41) is 26.8. The molecule has 1 aromatic heterocycles. The first-order valence-electron chi connectivity index (χ1n) is 7.79. The monoisotopic (exact) mass is 325 g/mol. The van der Waals surface area contributed by atoms with Crippen molar-refractivity contribution in [2.75, 3.05) is 0 Å². The maximum atomic E-state index is 13.0. The molecule has 24 heavy (non-hydrogen) atoms. The number of hydrogen-bond acceptors (Lipinski definition) is 5. The number of benzene rings is 1. The second-order valence-electron chi connectivity index (χ2n) is 5.84. The number of phenols is 1. The molecular weight excluding hydrogens is 306 g/mol. The van der Waals surface area contributed by atoms with E-state index in [9.17, 15) is 15.0 Å². The fraction of sp³-hybridized carbons (Fsp3) is 0.278. The number of rotatable bonds is 3. The van der Waals surface area contributed by atoms with Gasteiger partial charge in [0.05, 0.1) is 5.56 Å². The van der Waals surface area contributed by atoms with Gasteiger partial charge in [0.1, 0.15) is 5.75 Å². The highest BCUT2D eigenvalue weighted by Gasteiger charge is 2.46. The molecule has 0 aliphatic carbocycles. The van der Waals surface area contributed by atoms with E-state index >= 15 is 0 Å². The Kier molecular flexibility index (Phi) is 4.07. The van der Waals surface area contributed by atoms with Crippen LogP contribution in [-0.2, 0) is 5.72 Å². The number of aryl methyl sites for hydroxylation is 1. The SMILES string of the molecule is CCC1=NN(C(=O)c2cccc(C)c2O)[C@](O)(c2ccncc2)C1. The molecule has 3 rings (SSSR count). The number of para-hydroxylation sites is 1. The van der Waals surface area contributed by atoms with Crippen LogP contribution in [0, 0.1) is 6.92 Å². The van der Waals surface area contributed by atoms with Crippen molar-refractivity contribution in [1.82, 2.24) is 9.99 Å². The smallest absolute Gasteiger partial charge is 0.280 e. The Bertz CT molecular complexity index is 804. The van der Waals surface area contributed by atoms with Crippen molar-refractivity contribution >= 4 is 11.6 Å². The van der Waals surface area contributed by atoms with E-state index in [0.29, 0.717) is 17.5 Å². The van der Waals surface area contributed by atoms with Gasteiger partial charge in [-0.3, -0.25) is 9.78 Å². The number of phenolic OH excluding ortho intramolecular Hbond substituents is 1. The molecule has 0 saturated heterocycles. The van der Waals surface area contributed by atoms with Crippen LogP contribution >= 0.6 is 0 Å². The lowest BCUT2D eigenvalue weighted by Crippen LogP contribution is -2.43. The van der Waals surface area contributed by atoms with E-state index in [0.717, 1.165) is 10.7 Å². The van der Waals surface area contributed by atoms with Gasteiger partial charge in [0, 0.05) is 30.1 Å². The van der Waals surface area contributed by atoms with Gasteiger partial charge in [0.2, 0.25) is 0 Å². The number of amides is 1. The van der Waals surface area contributed by atoms with Gasteiger partial charge < -0.3 is 10.2 Å². The summed E-state index contributed by atoms with van der Waals surface area (Å²) in [6, 6.07) is 8.24. The van der Waals surface area contributed by atoms with Crippen LogP contribution in [0.1, 0.15) is 41.3 Å². The van der Waals surface area contributed by atoms with E-state index in [1.165, 1.54) is 6.07 Å². The lowest BCUT2D eigenvalue weighted by Gasteiger charge is -2.31. The summed E-state index contributed by atoms with van der Waals surface area (Å²) in [4.78, 5) is 16.9. The summed E-state index contributed by atoms with van der Waals surface area (Å²) >= 11 is 0. The van der Waals surface area contributed by atoms with Gasteiger partial charge in [-0.05, 0) is 37.1 Å². The van der Waals surface area contributed by atoms with Gasteiger partial charge in [0.15, 0.2) is 5.72 Å². The van der Waals surface area contributed by atoms with Gasteiger partial charge in [-0.15, -0.1) is 0 Å². The summed E-state index contributed by atoms with van der Waals surface area (Å²) < 4.78 is 0. The van der Waals surface area contributed by atoms with E-state index in [4.69, 9.17) is 0 Å². The minimum Gasteiger partial charge on any atom is -0.507 e. The Labute approximate surface area is 140 Å². The molecule has 2 heterocycles. The normalized spacial score (nSPS) is 20.1. The zero-order chi connectivity index (χ0) is 17.3. The molecule has 1 aliphatic rings. The number of aliphatic hydroxyl groups is 1. The summed E-state index contributed by atoms with van der Waals surface area (Å²) in [5.41, 5.74) is 0.373. The van der Waals surface area contributed by atoms with Crippen LogP contribution in [0.2, 0.25) is 0 Å². The fourth-order valence-electron chi connectivity index (χ4n) is 2.82. The van der Waals surface area contributed by atoms with Gasteiger partial charge >= 0.3 is 0 Å². The van der Waals surface area contributed by atoms with E-state index < -0.39 is 11.6 Å². The Balaban J connectivity index is 2.07. The lowest BCUT2D eigenvalue weighted by molar-refractivity contribution is -0.0766. The van der Waals surface area contributed by atoms with Crippen molar-refractivity contribution in [3.63, 3.8) is 0 Å². The number of hydrazone groups is 1. The standard InChI is InChI=1S/C18H19N3O3/c1-3-14-11-18(24,13-7-9-19-10-8-13)21(20-14)17(23)15-6-4-5-12(2)16(15)22/h4-10,22,24H,3,11H2,1-2H3/t18-/m1/s1. The van der Waals surface area contributed by atoms with Crippen molar-refractivity contribution in [2.24, 2.45) is 5.10 Å². The fourth-order valence-corrected chi connectivity index (χ4v) is 2.82. The zero-order valence-electron chi connectivity index (χ0n) is 13.6. The predicted octanol–water partition coefficient (Wildman–Crippen LogP) is 2.55. The quantitative estimate of drug-likeness (QED) is 0.908. The summed E-state index contributed by atoms with van der Waals surface area (Å²) in [6.07, 6.45) is 3.97. The van der Waals surface area contributed by atoms with Crippen molar-refractivity contribution in [3.8, 4) is 5.75 Å². The van der Waals surface area contributed by atoms with Crippen LogP contribution in [0.5, 0.6) is 5.75 Å². The number of carbonyl (C=O) groups excluding carboxylic acids is 1. The topological polar surface area (TPSA) is 86.0 Å². The molecule has 124 valence electrons. The number of hydrogen-bond donors (Lipinski definition) is 2. The largest absolute Gasteiger partial charge is 0.507 e. The third-order valence-electron chi connectivity index (χ3n) is 4.25. The molecule has 1 amide bonds. The molecule has 1 atom stereocenters. The minimum atomic E-state index is -1.58. The number of pyridine rings is 1. The van der Waals surface area contributed by atoms with Crippen LogP contribution in [0.4, 0.5) is 0 Å². The third-order valence-corrected chi connectivity index (χ3v) is 4.25. The molecule has 1 aromatic carbocycles. The predicted molar refractivity (Wildman–Crippen MR) is 89.5 cm³/mol. The zero-order valence-corrected chi connectivity index (χ0v) is 13.6. The van der Waals surface area contributed by atoms with E-state index in [-0.39, 0.29) is 17.7 Å². The number of carbonyl (C=O) groups is 1. The van der Waals surface area contributed by atoms with Gasteiger partial charge in [-0.1, -0.05) is 19.1 Å². The molecule has 2 aromatic rings. The molecular formula is C18H19N3O3. The molecule has 0 saturated carbocycles. The van der Waals surface area contributed by atoms with Gasteiger partial charge in [-0.2, -0.15) is 10.1 Å². The molecule has 0 fully saturated rings. The van der Waals surface area contributed by atoms with Crippen LogP contribution < -0.4 is 0 Å². The lowest BCUT2D eigenvalue weighted by atomic mass is 9.97. The highest BCUT2D eigenvalue weighted by Crippen LogP contribution is 2.38. The first-order valence-corrected chi connectivity index (χ1v) is 7.79. The molecule has 0 bridgehead atoms. The van der Waals surface area contributed by atoms with Crippen LogP contribution in [0.3, 0.4) is 0 Å². The minimum absolute atomic E-state index is 0.0975. The van der Waals surface area contributed by atoms with Gasteiger partial charge in [0.25, 0.3) is 5.91 Å². The summed E-state index contributed by atoms with van der Waals surface area (Å²) in [5.74, 6) is -0.640. The maximum Gasteiger partial charge on any atom is 0.280 e. The Hall–Kier alpha value is -2.73. The van der Waals surface area contributed by atoms with Crippen molar-refractivity contribution in [2.45, 2.75) is 32.4 Å². The van der Waals surface area contributed by atoms with Crippen LogP contribution in [0.15, 0.2) is 47.8 Å². The van der Waals surface area contributed by atoms with E-state index in [2.05, 4.69) is 10.1 Å². The van der Waals surface area contributed by atoms with Crippen molar-refractivity contribution in [1.29, 1.82) is 0 Å². The first-order chi connectivity index (χ1) is 11.5. The van der Waals surface area contributed by atoms with Crippen LogP contribution in [-0.4, -0.2) is 31.8 Å². The first kappa shape index (κ1) is 16.1. The number of aromatic nitrogens is 1. The number of nitrogens with zero attached hydrogens (tertiary/aromatic N) is 3. The molecule has 1 aliphatic heterocycles.